The van der Waals surface area contributed by atoms with E-state index >= 15 is 0 Å². The van der Waals surface area contributed by atoms with E-state index in [1.165, 1.54) is 57.4 Å². The van der Waals surface area contributed by atoms with E-state index in [1.807, 2.05) is 0 Å². The highest BCUT2D eigenvalue weighted by molar-refractivity contribution is 5.99. The first-order valence-electron chi connectivity index (χ1n) is 7.15. The molecule has 1 aliphatic rings. The van der Waals surface area contributed by atoms with E-state index in [-0.39, 0.29) is 18.0 Å². The Morgan fingerprint density at radius 2 is 2.05 bits per heavy atom. The number of Topliss-reactive ketones (excluding diaryl/α,β-unsaturated/α-hetero) is 1. The predicted molar refractivity (Wildman–Crippen MR) is 74.7 cm³/mol. The number of ketones is 1. The maximum Gasteiger partial charge on any atom is 0.192 e. The number of carbonyl (C=O) groups excluding carboxylic acids is 1. The summed E-state index contributed by atoms with van der Waals surface area (Å²) in [4.78, 5) is 12.0. The monoisotopic (exact) mass is 280 g/mol. The molecule has 0 aromatic heterocycles. The second-order valence-electron chi connectivity index (χ2n) is 5.29. The van der Waals surface area contributed by atoms with E-state index in [0.717, 1.165) is 0 Å². The van der Waals surface area contributed by atoms with Crippen molar-refractivity contribution in [1.82, 2.24) is 0 Å². The van der Waals surface area contributed by atoms with Gasteiger partial charge in [0, 0.05) is 0 Å². The first-order chi connectivity index (χ1) is 9.70. The van der Waals surface area contributed by atoms with E-state index in [0.29, 0.717) is 18.3 Å². The third-order valence-electron chi connectivity index (χ3n) is 3.77. The molecule has 0 amide bonds. The van der Waals surface area contributed by atoms with Gasteiger partial charge in [0.1, 0.15) is 18.2 Å². The summed E-state index contributed by atoms with van der Waals surface area (Å²) in [6, 6.07) is 3.94. The van der Waals surface area contributed by atoms with Gasteiger partial charge in [-0.3, -0.25) is 4.79 Å². The van der Waals surface area contributed by atoms with Crippen molar-refractivity contribution in [2.24, 2.45) is 5.92 Å². The topological polar surface area (TPSA) is 35.5 Å². The van der Waals surface area contributed by atoms with E-state index in [4.69, 9.17) is 9.47 Å². The number of halogens is 1. The second-order valence-corrected chi connectivity index (χ2v) is 5.29. The van der Waals surface area contributed by atoms with E-state index in [1.54, 1.807) is 0 Å². The number of rotatable bonds is 6. The van der Waals surface area contributed by atoms with Gasteiger partial charge in [-0.15, -0.1) is 0 Å². The maximum absolute atomic E-state index is 13.2. The van der Waals surface area contributed by atoms with Crippen LogP contribution in [0, 0.1) is 11.7 Å². The van der Waals surface area contributed by atoms with Crippen molar-refractivity contribution in [3.8, 4) is 5.75 Å². The van der Waals surface area contributed by atoms with E-state index < -0.39 is 5.82 Å². The van der Waals surface area contributed by atoms with Crippen molar-refractivity contribution >= 4 is 5.78 Å². The van der Waals surface area contributed by atoms with Gasteiger partial charge in [-0.1, -0.05) is 19.3 Å². The molecule has 1 aromatic carbocycles. The van der Waals surface area contributed by atoms with Crippen LogP contribution in [0.2, 0.25) is 0 Å². The fourth-order valence-corrected chi connectivity index (χ4v) is 2.65. The summed E-state index contributed by atoms with van der Waals surface area (Å²) in [7, 11) is 1.47. The third-order valence-corrected chi connectivity index (χ3v) is 3.77. The lowest BCUT2D eigenvalue weighted by Crippen LogP contribution is -2.17. The lowest BCUT2D eigenvalue weighted by molar-refractivity contribution is 0.0626. The number of carbonyl (C=O) groups is 1. The van der Waals surface area contributed by atoms with Gasteiger partial charge < -0.3 is 9.47 Å². The molecular formula is C16H21FO3. The Kier molecular flexibility index (Phi) is 5.53. The zero-order valence-electron chi connectivity index (χ0n) is 11.9. The molecule has 1 aliphatic carbocycles. The normalized spacial score (nSPS) is 16.1. The number of hydrogen-bond acceptors (Lipinski definition) is 3. The van der Waals surface area contributed by atoms with Crippen molar-refractivity contribution in [3.63, 3.8) is 0 Å². The zero-order chi connectivity index (χ0) is 14.4. The molecule has 0 bridgehead atoms. The van der Waals surface area contributed by atoms with Gasteiger partial charge in [0.2, 0.25) is 0 Å². The van der Waals surface area contributed by atoms with Gasteiger partial charge in [0.25, 0.3) is 0 Å². The SMILES string of the molecule is COc1ccc(F)cc1C(=O)COCC1CCCCC1. The number of methoxy groups -OCH3 is 1. The highest BCUT2D eigenvalue weighted by Gasteiger charge is 2.16. The molecule has 4 heteroatoms. The minimum Gasteiger partial charge on any atom is -0.496 e. The van der Waals surface area contributed by atoms with Crippen LogP contribution in [-0.2, 0) is 4.74 Å². The minimum atomic E-state index is -0.443. The van der Waals surface area contributed by atoms with Gasteiger partial charge in [0.05, 0.1) is 19.3 Å². The molecule has 0 spiro atoms. The molecule has 0 radical (unpaired) electrons. The average molecular weight is 280 g/mol. The van der Waals surface area contributed by atoms with Crippen molar-refractivity contribution < 1.29 is 18.7 Å². The molecule has 20 heavy (non-hydrogen) atoms. The molecule has 0 saturated heterocycles. The summed E-state index contributed by atoms with van der Waals surface area (Å²) in [6.07, 6.45) is 6.16. The molecular weight excluding hydrogens is 259 g/mol. The number of ether oxygens (including phenoxy) is 2. The van der Waals surface area contributed by atoms with Crippen LogP contribution in [0.25, 0.3) is 0 Å². The molecule has 3 nitrogen and oxygen atoms in total. The van der Waals surface area contributed by atoms with Crippen LogP contribution < -0.4 is 4.74 Å². The number of hydrogen-bond donors (Lipinski definition) is 0. The molecule has 1 saturated carbocycles. The van der Waals surface area contributed by atoms with Crippen LogP contribution >= 0.6 is 0 Å². The molecule has 0 N–H and O–H groups in total. The van der Waals surface area contributed by atoms with Crippen molar-refractivity contribution in [3.05, 3.63) is 29.6 Å². The Morgan fingerprint density at radius 3 is 2.75 bits per heavy atom. The van der Waals surface area contributed by atoms with Crippen LogP contribution in [0.4, 0.5) is 4.39 Å². The maximum atomic E-state index is 13.2. The van der Waals surface area contributed by atoms with Gasteiger partial charge in [-0.25, -0.2) is 4.39 Å². The third kappa shape index (κ3) is 4.04. The Labute approximate surface area is 119 Å². The molecule has 1 fully saturated rings. The molecule has 2 rings (SSSR count). The highest BCUT2D eigenvalue weighted by atomic mass is 19.1. The standard InChI is InChI=1S/C16H21FO3/c1-19-16-8-7-13(17)9-14(16)15(18)11-20-10-12-5-3-2-4-6-12/h7-9,12H,2-6,10-11H2,1H3. The molecule has 1 aromatic rings. The molecule has 0 atom stereocenters. The van der Waals surface area contributed by atoms with Gasteiger partial charge in [-0.05, 0) is 37.0 Å². The molecule has 0 heterocycles. The van der Waals surface area contributed by atoms with Crippen LogP contribution in [0.1, 0.15) is 42.5 Å². The Bertz CT molecular complexity index is 453. The Morgan fingerprint density at radius 1 is 1.30 bits per heavy atom. The van der Waals surface area contributed by atoms with Gasteiger partial charge in [0.15, 0.2) is 5.78 Å². The van der Waals surface area contributed by atoms with Crippen LogP contribution in [0.3, 0.4) is 0 Å². The van der Waals surface area contributed by atoms with Crippen LogP contribution in [-0.4, -0.2) is 26.1 Å². The first-order valence-corrected chi connectivity index (χ1v) is 7.15. The average Bonchev–Trinajstić information content (AvgIpc) is 2.48. The summed E-state index contributed by atoms with van der Waals surface area (Å²) >= 11 is 0. The fourth-order valence-electron chi connectivity index (χ4n) is 2.65. The second kappa shape index (κ2) is 7.39. The van der Waals surface area contributed by atoms with Gasteiger partial charge >= 0.3 is 0 Å². The van der Waals surface area contributed by atoms with Crippen LogP contribution in [0.5, 0.6) is 5.75 Å². The Hall–Kier alpha value is -1.42. The largest absolute Gasteiger partial charge is 0.496 e. The van der Waals surface area contributed by atoms with Gasteiger partial charge in [-0.2, -0.15) is 0 Å². The predicted octanol–water partition coefficient (Wildman–Crippen LogP) is 3.61. The number of benzene rings is 1. The zero-order valence-corrected chi connectivity index (χ0v) is 11.9. The molecule has 0 aliphatic heterocycles. The highest BCUT2D eigenvalue weighted by Crippen LogP contribution is 2.24. The van der Waals surface area contributed by atoms with Crippen molar-refractivity contribution in [2.75, 3.05) is 20.3 Å². The molecule has 0 unspecified atom stereocenters. The molecule has 110 valence electrons. The summed E-state index contributed by atoms with van der Waals surface area (Å²) in [5.74, 6) is 0.266. The summed E-state index contributed by atoms with van der Waals surface area (Å²) in [5, 5.41) is 0. The summed E-state index contributed by atoms with van der Waals surface area (Å²) < 4.78 is 23.8. The first kappa shape index (κ1) is 15.0. The minimum absolute atomic E-state index is 0.0175. The van der Waals surface area contributed by atoms with Crippen molar-refractivity contribution in [2.45, 2.75) is 32.1 Å². The quantitative estimate of drug-likeness (QED) is 0.747. The smallest absolute Gasteiger partial charge is 0.192 e. The Balaban J connectivity index is 1.86. The fraction of sp³-hybridized carbons (Fsp3) is 0.562. The van der Waals surface area contributed by atoms with Crippen LogP contribution in [0.15, 0.2) is 18.2 Å². The van der Waals surface area contributed by atoms with E-state index in [2.05, 4.69) is 0 Å². The summed E-state index contributed by atoms with van der Waals surface area (Å²) in [5.41, 5.74) is 0.246. The lowest BCUT2D eigenvalue weighted by Gasteiger charge is -2.21. The van der Waals surface area contributed by atoms with Crippen molar-refractivity contribution in [1.29, 1.82) is 0 Å². The lowest BCUT2D eigenvalue weighted by atomic mass is 9.90. The van der Waals surface area contributed by atoms with E-state index in [9.17, 15) is 9.18 Å². The summed E-state index contributed by atoms with van der Waals surface area (Å²) in [6.45, 7) is 0.597.